The Morgan fingerprint density at radius 3 is 2.71 bits per heavy atom. The smallest absolute Gasteiger partial charge is 0.258 e. The summed E-state index contributed by atoms with van der Waals surface area (Å²) in [4.78, 5) is 10.6. The van der Waals surface area contributed by atoms with Gasteiger partial charge in [0.1, 0.15) is 5.56 Å². The number of hydrogen-bond acceptors (Lipinski definition) is 2. The summed E-state index contributed by atoms with van der Waals surface area (Å²) in [6, 6.07) is 5.19. The van der Waals surface area contributed by atoms with Crippen LogP contribution in [0.3, 0.4) is 0 Å². The van der Waals surface area contributed by atoms with Crippen LogP contribution in [0.15, 0.2) is 18.2 Å². The molecule has 0 unspecified atom stereocenters. The van der Waals surface area contributed by atoms with E-state index < -0.39 is 0 Å². The van der Waals surface area contributed by atoms with Crippen molar-refractivity contribution in [3.63, 3.8) is 0 Å². The highest BCUT2D eigenvalue weighted by atomic mass is 16.6. The number of hydrogen-bond donors (Lipinski definition) is 0. The Kier molecular flexibility index (Phi) is 3.43. The Balaban J connectivity index is 2.28. The van der Waals surface area contributed by atoms with Gasteiger partial charge in [-0.05, 0) is 31.4 Å². The summed E-state index contributed by atoms with van der Waals surface area (Å²) in [5, 5.41) is 10.9. The summed E-state index contributed by atoms with van der Waals surface area (Å²) in [5.74, 6) is 6.56. The second kappa shape index (κ2) is 5.01. The molecular formula is C14H15NO2. The maximum absolute atomic E-state index is 10.9. The zero-order valence-electron chi connectivity index (χ0n) is 9.90. The molecule has 1 saturated carbocycles. The predicted octanol–water partition coefficient (Wildman–Crippen LogP) is 3.44. The lowest BCUT2D eigenvalue weighted by Crippen LogP contribution is -1.94. The number of benzene rings is 1. The number of nitro groups is 1. The molecule has 3 nitrogen and oxygen atoms in total. The maximum atomic E-state index is 10.9. The fourth-order valence-electron chi connectivity index (χ4n) is 2.15. The van der Waals surface area contributed by atoms with E-state index in [0.29, 0.717) is 11.5 Å². The van der Waals surface area contributed by atoms with Gasteiger partial charge in [-0.3, -0.25) is 10.1 Å². The van der Waals surface area contributed by atoms with Crippen LogP contribution in [0.2, 0.25) is 0 Å². The first-order valence-electron chi connectivity index (χ1n) is 5.93. The lowest BCUT2D eigenvalue weighted by molar-refractivity contribution is -0.385. The van der Waals surface area contributed by atoms with Gasteiger partial charge in [-0.1, -0.05) is 30.7 Å². The normalized spacial score (nSPS) is 15.4. The quantitative estimate of drug-likeness (QED) is 0.420. The van der Waals surface area contributed by atoms with Crippen molar-refractivity contribution in [1.82, 2.24) is 0 Å². The summed E-state index contributed by atoms with van der Waals surface area (Å²) >= 11 is 0. The third kappa shape index (κ3) is 2.85. The van der Waals surface area contributed by atoms with Crippen LogP contribution in [0.4, 0.5) is 5.69 Å². The van der Waals surface area contributed by atoms with Gasteiger partial charge in [0.25, 0.3) is 5.69 Å². The summed E-state index contributed by atoms with van der Waals surface area (Å²) in [5.41, 5.74) is 1.55. The monoisotopic (exact) mass is 229 g/mol. The van der Waals surface area contributed by atoms with Gasteiger partial charge in [-0.15, -0.1) is 0 Å². The van der Waals surface area contributed by atoms with Crippen molar-refractivity contribution < 1.29 is 4.92 Å². The van der Waals surface area contributed by atoms with Crippen LogP contribution in [0.1, 0.15) is 36.8 Å². The van der Waals surface area contributed by atoms with Crippen LogP contribution in [-0.4, -0.2) is 4.92 Å². The topological polar surface area (TPSA) is 43.1 Å². The third-order valence-electron chi connectivity index (χ3n) is 3.12. The number of rotatable bonds is 1. The van der Waals surface area contributed by atoms with Gasteiger partial charge in [-0.25, -0.2) is 0 Å². The molecule has 0 N–H and O–H groups in total. The molecule has 1 fully saturated rings. The van der Waals surface area contributed by atoms with Crippen molar-refractivity contribution in [2.45, 2.75) is 32.6 Å². The van der Waals surface area contributed by atoms with Crippen molar-refractivity contribution >= 4 is 5.69 Å². The molecule has 0 spiro atoms. The summed E-state index contributed by atoms with van der Waals surface area (Å²) in [6.07, 6.45) is 4.73. The van der Waals surface area contributed by atoms with Crippen LogP contribution in [0.5, 0.6) is 0 Å². The highest BCUT2D eigenvalue weighted by Crippen LogP contribution is 2.24. The van der Waals surface area contributed by atoms with Crippen molar-refractivity contribution in [3.8, 4) is 11.8 Å². The van der Waals surface area contributed by atoms with Gasteiger partial charge >= 0.3 is 0 Å². The van der Waals surface area contributed by atoms with Gasteiger partial charge in [0.05, 0.1) is 4.92 Å². The van der Waals surface area contributed by atoms with Crippen LogP contribution >= 0.6 is 0 Å². The Morgan fingerprint density at radius 1 is 1.35 bits per heavy atom. The zero-order valence-corrected chi connectivity index (χ0v) is 9.90. The molecule has 0 aliphatic heterocycles. The number of aryl methyl sites for hydroxylation is 1. The molecule has 2 rings (SSSR count). The molecule has 0 aromatic heterocycles. The lowest BCUT2D eigenvalue weighted by Gasteiger charge is -1.98. The molecule has 0 saturated heterocycles. The molecule has 1 aliphatic rings. The van der Waals surface area contributed by atoms with E-state index >= 15 is 0 Å². The SMILES string of the molecule is Cc1ccc(C#CC2CCCC2)c([N+](=O)[O-])c1. The minimum absolute atomic E-state index is 0.121. The van der Waals surface area contributed by atoms with Crippen molar-refractivity contribution in [2.24, 2.45) is 5.92 Å². The van der Waals surface area contributed by atoms with Crippen LogP contribution < -0.4 is 0 Å². The highest BCUT2D eigenvalue weighted by Gasteiger charge is 2.14. The predicted molar refractivity (Wildman–Crippen MR) is 66.7 cm³/mol. The summed E-state index contributed by atoms with van der Waals surface area (Å²) in [6.45, 7) is 1.85. The molecule has 88 valence electrons. The fourth-order valence-corrected chi connectivity index (χ4v) is 2.15. The average molecular weight is 229 g/mol. The van der Waals surface area contributed by atoms with E-state index in [0.717, 1.165) is 18.4 Å². The Labute approximate surface area is 101 Å². The molecule has 1 aromatic rings. The standard InChI is InChI=1S/C14H15NO2/c1-11-6-8-13(14(10-11)15(16)17)9-7-12-4-2-3-5-12/h6,8,10,12H,2-5H2,1H3. The molecular weight excluding hydrogens is 214 g/mol. The first kappa shape index (κ1) is 11.7. The molecule has 1 aliphatic carbocycles. The molecule has 0 bridgehead atoms. The second-order valence-electron chi connectivity index (χ2n) is 4.53. The zero-order chi connectivity index (χ0) is 12.3. The van der Waals surface area contributed by atoms with Crippen LogP contribution in [-0.2, 0) is 0 Å². The van der Waals surface area contributed by atoms with E-state index in [2.05, 4.69) is 11.8 Å². The largest absolute Gasteiger partial charge is 0.285 e. The van der Waals surface area contributed by atoms with Crippen LogP contribution in [0, 0.1) is 34.8 Å². The Morgan fingerprint density at radius 2 is 2.06 bits per heavy atom. The Hall–Kier alpha value is -1.82. The van der Waals surface area contributed by atoms with Gasteiger partial charge < -0.3 is 0 Å². The van der Waals surface area contributed by atoms with E-state index in [4.69, 9.17) is 0 Å². The van der Waals surface area contributed by atoms with Crippen molar-refractivity contribution in [1.29, 1.82) is 0 Å². The van der Waals surface area contributed by atoms with Gasteiger partial charge in [0.2, 0.25) is 0 Å². The van der Waals surface area contributed by atoms with Crippen molar-refractivity contribution in [2.75, 3.05) is 0 Å². The lowest BCUT2D eigenvalue weighted by atomic mass is 10.1. The third-order valence-corrected chi connectivity index (χ3v) is 3.12. The fraction of sp³-hybridized carbons (Fsp3) is 0.429. The van der Waals surface area contributed by atoms with Gasteiger partial charge in [-0.2, -0.15) is 0 Å². The number of nitro benzene ring substituents is 1. The first-order valence-corrected chi connectivity index (χ1v) is 5.93. The van der Waals surface area contributed by atoms with E-state index in [-0.39, 0.29) is 10.6 Å². The first-order chi connectivity index (χ1) is 8.16. The average Bonchev–Trinajstić information content (AvgIpc) is 2.80. The van der Waals surface area contributed by atoms with E-state index in [1.165, 1.54) is 12.8 Å². The molecule has 3 heteroatoms. The molecule has 0 heterocycles. The minimum Gasteiger partial charge on any atom is -0.258 e. The Bertz CT molecular complexity index is 491. The minimum atomic E-state index is -0.355. The molecule has 0 amide bonds. The van der Waals surface area contributed by atoms with Crippen molar-refractivity contribution in [3.05, 3.63) is 39.4 Å². The molecule has 17 heavy (non-hydrogen) atoms. The van der Waals surface area contributed by atoms with E-state index in [9.17, 15) is 10.1 Å². The van der Waals surface area contributed by atoms with Gasteiger partial charge in [0, 0.05) is 12.0 Å². The summed E-state index contributed by atoms with van der Waals surface area (Å²) in [7, 11) is 0. The molecule has 0 radical (unpaired) electrons. The maximum Gasteiger partial charge on any atom is 0.285 e. The van der Waals surface area contributed by atoms with E-state index in [1.54, 1.807) is 12.1 Å². The van der Waals surface area contributed by atoms with Crippen LogP contribution in [0.25, 0.3) is 0 Å². The second-order valence-corrected chi connectivity index (χ2v) is 4.53. The van der Waals surface area contributed by atoms with Gasteiger partial charge in [0.15, 0.2) is 0 Å². The van der Waals surface area contributed by atoms with E-state index in [1.807, 2.05) is 13.0 Å². The molecule has 1 aromatic carbocycles. The molecule has 0 atom stereocenters. The number of nitrogens with zero attached hydrogens (tertiary/aromatic N) is 1. The summed E-state index contributed by atoms with van der Waals surface area (Å²) < 4.78 is 0. The highest BCUT2D eigenvalue weighted by molar-refractivity contribution is 5.52.